The summed E-state index contributed by atoms with van der Waals surface area (Å²) in [5, 5.41) is 8.80. The SMILES string of the molecule is N#Cc1ccc(OCCCN(Cc2ccco2)Cc2ccco2)cc1. The van der Waals surface area contributed by atoms with Gasteiger partial charge >= 0.3 is 0 Å². The van der Waals surface area contributed by atoms with Crippen molar-refractivity contribution in [3.8, 4) is 11.8 Å². The summed E-state index contributed by atoms with van der Waals surface area (Å²) in [5.41, 5.74) is 0.635. The van der Waals surface area contributed by atoms with Crippen LogP contribution in [0.3, 0.4) is 0 Å². The maximum Gasteiger partial charge on any atom is 0.119 e. The van der Waals surface area contributed by atoms with E-state index in [0.717, 1.165) is 43.3 Å². The minimum absolute atomic E-state index is 0.610. The molecule has 0 bridgehead atoms. The molecule has 0 aliphatic heterocycles. The van der Waals surface area contributed by atoms with Gasteiger partial charge in [0.25, 0.3) is 0 Å². The van der Waals surface area contributed by atoms with Crippen LogP contribution in [0, 0.1) is 11.3 Å². The molecule has 0 aliphatic rings. The standard InChI is InChI=1S/C20H20N2O3/c21-14-17-6-8-18(9-7-17)23-13-3-10-22(15-19-4-1-11-24-19)16-20-5-2-12-25-20/h1-2,4-9,11-12H,3,10,13,15-16H2. The molecule has 0 saturated carbocycles. The maximum absolute atomic E-state index is 8.80. The van der Waals surface area contributed by atoms with Gasteiger partial charge < -0.3 is 13.6 Å². The average Bonchev–Trinajstić information content (AvgIpc) is 3.33. The van der Waals surface area contributed by atoms with Crippen molar-refractivity contribution in [2.24, 2.45) is 0 Å². The number of benzene rings is 1. The molecule has 0 saturated heterocycles. The monoisotopic (exact) mass is 336 g/mol. The lowest BCUT2D eigenvalue weighted by Gasteiger charge is -2.20. The van der Waals surface area contributed by atoms with Crippen LogP contribution < -0.4 is 4.74 Å². The Morgan fingerprint density at radius 2 is 1.56 bits per heavy atom. The number of nitriles is 1. The summed E-state index contributed by atoms with van der Waals surface area (Å²) in [6.45, 7) is 2.92. The van der Waals surface area contributed by atoms with Crippen LogP contribution in [0.1, 0.15) is 23.5 Å². The molecule has 3 rings (SSSR count). The molecule has 0 aliphatic carbocycles. The van der Waals surface area contributed by atoms with Crippen LogP contribution in [0.2, 0.25) is 0 Å². The Morgan fingerprint density at radius 3 is 2.08 bits per heavy atom. The van der Waals surface area contributed by atoms with Crippen LogP contribution >= 0.6 is 0 Å². The predicted molar refractivity (Wildman–Crippen MR) is 92.8 cm³/mol. The van der Waals surface area contributed by atoms with Crippen LogP contribution in [0.5, 0.6) is 5.75 Å². The number of nitrogens with zero attached hydrogens (tertiary/aromatic N) is 2. The fourth-order valence-electron chi connectivity index (χ4n) is 2.56. The van der Waals surface area contributed by atoms with Gasteiger partial charge in [-0.2, -0.15) is 5.26 Å². The first-order valence-corrected chi connectivity index (χ1v) is 8.23. The topological polar surface area (TPSA) is 62.5 Å². The molecule has 0 radical (unpaired) electrons. The Balaban J connectivity index is 1.48. The van der Waals surface area contributed by atoms with E-state index in [1.54, 1.807) is 24.7 Å². The third kappa shape index (κ3) is 5.27. The zero-order chi connectivity index (χ0) is 17.3. The Kier molecular flexibility index (Phi) is 5.91. The summed E-state index contributed by atoms with van der Waals surface area (Å²) in [6.07, 6.45) is 4.25. The van der Waals surface area contributed by atoms with Gasteiger partial charge in [-0.05, 0) is 55.0 Å². The first-order valence-electron chi connectivity index (χ1n) is 8.23. The van der Waals surface area contributed by atoms with Crippen molar-refractivity contribution in [2.75, 3.05) is 13.2 Å². The molecule has 1 aromatic carbocycles. The fraction of sp³-hybridized carbons (Fsp3) is 0.250. The molecule has 0 spiro atoms. The average molecular weight is 336 g/mol. The lowest BCUT2D eigenvalue weighted by atomic mass is 10.2. The van der Waals surface area contributed by atoms with Crippen molar-refractivity contribution < 1.29 is 13.6 Å². The Labute approximate surface area is 147 Å². The summed E-state index contributed by atoms with van der Waals surface area (Å²) in [7, 11) is 0. The fourth-order valence-corrected chi connectivity index (χ4v) is 2.56. The molecule has 128 valence electrons. The minimum atomic E-state index is 0.610. The third-order valence-corrected chi connectivity index (χ3v) is 3.79. The summed E-state index contributed by atoms with van der Waals surface area (Å²) in [5.74, 6) is 2.64. The zero-order valence-electron chi connectivity index (χ0n) is 13.9. The van der Waals surface area contributed by atoms with E-state index in [1.807, 2.05) is 36.4 Å². The van der Waals surface area contributed by atoms with E-state index in [-0.39, 0.29) is 0 Å². The van der Waals surface area contributed by atoms with Gasteiger partial charge in [0, 0.05) is 6.54 Å². The highest BCUT2D eigenvalue weighted by molar-refractivity contribution is 5.34. The quantitative estimate of drug-likeness (QED) is 0.548. The van der Waals surface area contributed by atoms with E-state index >= 15 is 0 Å². The van der Waals surface area contributed by atoms with Gasteiger partial charge in [-0.25, -0.2) is 0 Å². The van der Waals surface area contributed by atoms with Crippen molar-refractivity contribution in [3.05, 3.63) is 78.1 Å². The van der Waals surface area contributed by atoms with Gasteiger partial charge in [0.2, 0.25) is 0 Å². The van der Waals surface area contributed by atoms with E-state index in [4.69, 9.17) is 18.8 Å². The lowest BCUT2D eigenvalue weighted by molar-refractivity contribution is 0.196. The van der Waals surface area contributed by atoms with Gasteiger partial charge in [0.15, 0.2) is 0 Å². The third-order valence-electron chi connectivity index (χ3n) is 3.79. The second-order valence-electron chi connectivity index (χ2n) is 5.71. The normalized spacial score (nSPS) is 10.7. The van der Waals surface area contributed by atoms with Gasteiger partial charge in [-0.1, -0.05) is 0 Å². The highest BCUT2D eigenvalue weighted by Gasteiger charge is 2.10. The van der Waals surface area contributed by atoms with Crippen LogP contribution in [-0.2, 0) is 13.1 Å². The molecular weight excluding hydrogens is 316 g/mol. The van der Waals surface area contributed by atoms with Gasteiger partial charge in [-0.15, -0.1) is 0 Å². The summed E-state index contributed by atoms with van der Waals surface area (Å²) >= 11 is 0. The first kappa shape index (κ1) is 16.9. The van der Waals surface area contributed by atoms with Crippen molar-refractivity contribution >= 4 is 0 Å². The first-order chi connectivity index (χ1) is 12.3. The molecular formula is C20H20N2O3. The maximum atomic E-state index is 8.80. The Morgan fingerprint density at radius 1 is 0.920 bits per heavy atom. The number of rotatable bonds is 9. The molecule has 0 N–H and O–H groups in total. The van der Waals surface area contributed by atoms with Gasteiger partial charge in [-0.3, -0.25) is 4.90 Å². The number of hydrogen-bond acceptors (Lipinski definition) is 5. The van der Waals surface area contributed by atoms with E-state index in [1.165, 1.54) is 0 Å². The molecule has 0 atom stereocenters. The van der Waals surface area contributed by atoms with Crippen LogP contribution in [0.15, 0.2) is 69.9 Å². The number of ether oxygens (including phenoxy) is 1. The van der Waals surface area contributed by atoms with Crippen molar-refractivity contribution in [1.82, 2.24) is 4.90 Å². The lowest BCUT2D eigenvalue weighted by Crippen LogP contribution is -2.24. The smallest absolute Gasteiger partial charge is 0.119 e. The molecule has 5 nitrogen and oxygen atoms in total. The molecule has 25 heavy (non-hydrogen) atoms. The highest BCUT2D eigenvalue weighted by atomic mass is 16.5. The summed E-state index contributed by atoms with van der Waals surface area (Å²) < 4.78 is 16.6. The molecule has 0 amide bonds. The Hall–Kier alpha value is -2.97. The van der Waals surface area contributed by atoms with Crippen LogP contribution in [0.4, 0.5) is 0 Å². The van der Waals surface area contributed by atoms with Crippen LogP contribution in [-0.4, -0.2) is 18.1 Å². The zero-order valence-corrected chi connectivity index (χ0v) is 13.9. The number of furan rings is 2. The Bertz CT molecular complexity index is 735. The second-order valence-corrected chi connectivity index (χ2v) is 5.71. The van der Waals surface area contributed by atoms with Crippen molar-refractivity contribution in [3.63, 3.8) is 0 Å². The summed E-state index contributed by atoms with van der Waals surface area (Å²) in [6, 6.07) is 17.0. The molecule has 5 heteroatoms. The highest BCUT2D eigenvalue weighted by Crippen LogP contribution is 2.14. The van der Waals surface area contributed by atoms with Gasteiger partial charge in [0.05, 0.1) is 43.9 Å². The van der Waals surface area contributed by atoms with E-state index in [2.05, 4.69) is 11.0 Å². The molecule has 0 unspecified atom stereocenters. The summed E-state index contributed by atoms with van der Waals surface area (Å²) in [4.78, 5) is 2.26. The molecule has 2 aromatic heterocycles. The van der Waals surface area contributed by atoms with Crippen molar-refractivity contribution in [2.45, 2.75) is 19.5 Å². The van der Waals surface area contributed by atoms with E-state index in [0.29, 0.717) is 12.2 Å². The number of hydrogen-bond donors (Lipinski definition) is 0. The largest absolute Gasteiger partial charge is 0.494 e. The molecule has 2 heterocycles. The molecule has 0 fully saturated rings. The van der Waals surface area contributed by atoms with E-state index < -0.39 is 0 Å². The second kappa shape index (κ2) is 8.76. The van der Waals surface area contributed by atoms with Crippen molar-refractivity contribution in [1.29, 1.82) is 5.26 Å². The predicted octanol–water partition coefficient (Wildman–Crippen LogP) is 4.22. The van der Waals surface area contributed by atoms with Gasteiger partial charge in [0.1, 0.15) is 17.3 Å². The van der Waals surface area contributed by atoms with E-state index in [9.17, 15) is 0 Å². The van der Waals surface area contributed by atoms with Crippen LogP contribution in [0.25, 0.3) is 0 Å². The molecule has 3 aromatic rings. The minimum Gasteiger partial charge on any atom is -0.494 e.